The van der Waals surface area contributed by atoms with Crippen LogP contribution in [0.5, 0.6) is 0 Å². The average molecular weight is 266 g/mol. The van der Waals surface area contributed by atoms with Crippen molar-refractivity contribution in [1.82, 2.24) is 9.88 Å². The van der Waals surface area contributed by atoms with Crippen molar-refractivity contribution in [1.29, 1.82) is 0 Å². The molecule has 0 spiro atoms. The molecular weight excluding hydrogens is 251 g/mol. The highest BCUT2D eigenvalue weighted by molar-refractivity contribution is 5.96. The van der Waals surface area contributed by atoms with Crippen molar-refractivity contribution in [2.24, 2.45) is 0 Å². The molecule has 5 nitrogen and oxygen atoms in total. The predicted octanol–water partition coefficient (Wildman–Crippen LogP) is 1.39. The number of carbonyl (C=O) groups is 2. The van der Waals surface area contributed by atoms with Gasteiger partial charge in [-0.05, 0) is 25.3 Å². The lowest BCUT2D eigenvalue weighted by Crippen LogP contribution is -2.48. The summed E-state index contributed by atoms with van der Waals surface area (Å²) in [4.78, 5) is 28.8. The van der Waals surface area contributed by atoms with Crippen molar-refractivity contribution in [3.8, 4) is 0 Å². The number of likely N-dealkylation sites (tertiary alicyclic amines) is 1. The van der Waals surface area contributed by atoms with Gasteiger partial charge in [-0.25, -0.2) is 9.78 Å². The molecule has 2 heterocycles. The van der Waals surface area contributed by atoms with Gasteiger partial charge in [0.15, 0.2) is 0 Å². The zero-order chi connectivity index (χ0) is 13.8. The topological polar surface area (TPSA) is 59.5 Å². The van der Waals surface area contributed by atoms with Crippen LogP contribution in [0.2, 0.25) is 0 Å². The maximum Gasteiger partial charge on any atom is 0.328 e. The number of esters is 1. The molecule has 6 heteroatoms. The van der Waals surface area contributed by atoms with Crippen LogP contribution in [0.25, 0.3) is 0 Å². The van der Waals surface area contributed by atoms with Crippen LogP contribution in [-0.2, 0) is 9.53 Å². The monoisotopic (exact) mass is 266 g/mol. The Morgan fingerprint density at radius 3 is 2.95 bits per heavy atom. The van der Waals surface area contributed by atoms with Crippen LogP contribution < -0.4 is 0 Å². The molecule has 1 saturated heterocycles. The molecule has 0 aromatic carbocycles. The summed E-state index contributed by atoms with van der Waals surface area (Å²) in [6.45, 7) is 0.475. The van der Waals surface area contributed by atoms with Crippen molar-refractivity contribution >= 4 is 11.9 Å². The van der Waals surface area contributed by atoms with E-state index in [2.05, 4.69) is 4.98 Å². The van der Waals surface area contributed by atoms with Crippen LogP contribution in [0.3, 0.4) is 0 Å². The van der Waals surface area contributed by atoms with Gasteiger partial charge < -0.3 is 9.64 Å². The van der Waals surface area contributed by atoms with E-state index < -0.39 is 18.0 Å². The Kier molecular flexibility index (Phi) is 4.09. The Bertz CT molecular complexity index is 493. The molecule has 1 aliphatic heterocycles. The van der Waals surface area contributed by atoms with Crippen LogP contribution in [0, 0.1) is 5.95 Å². The summed E-state index contributed by atoms with van der Waals surface area (Å²) in [5, 5.41) is 0. The van der Waals surface area contributed by atoms with Gasteiger partial charge in [0.2, 0.25) is 5.95 Å². The smallest absolute Gasteiger partial charge is 0.328 e. The number of rotatable bonds is 2. The third-order valence-electron chi connectivity index (χ3n) is 3.21. The number of aromatic nitrogens is 1. The molecule has 19 heavy (non-hydrogen) atoms. The minimum Gasteiger partial charge on any atom is -0.467 e. The Balaban J connectivity index is 2.22. The van der Waals surface area contributed by atoms with E-state index in [9.17, 15) is 14.0 Å². The summed E-state index contributed by atoms with van der Waals surface area (Å²) in [6.07, 6.45) is 3.51. The lowest BCUT2D eigenvalue weighted by atomic mass is 10.0. The molecule has 0 radical (unpaired) electrons. The van der Waals surface area contributed by atoms with Crippen molar-refractivity contribution in [3.63, 3.8) is 0 Å². The molecule has 1 atom stereocenters. The zero-order valence-corrected chi connectivity index (χ0v) is 10.6. The molecule has 1 aromatic rings. The molecule has 2 rings (SSSR count). The van der Waals surface area contributed by atoms with E-state index in [1.54, 1.807) is 0 Å². The van der Waals surface area contributed by atoms with Gasteiger partial charge in [-0.15, -0.1) is 0 Å². The standard InChI is InChI=1S/C13H15FN2O3/c1-19-13(18)10-4-2-3-7-16(10)12(17)9-5-6-15-11(14)8-9/h5-6,8,10H,2-4,7H2,1H3/t10-/m1/s1. The first-order valence-corrected chi connectivity index (χ1v) is 6.14. The third kappa shape index (κ3) is 2.89. The molecule has 1 aromatic heterocycles. The van der Waals surface area contributed by atoms with E-state index in [0.717, 1.165) is 18.9 Å². The molecule has 1 fully saturated rings. The molecule has 0 unspecified atom stereocenters. The molecule has 1 aliphatic rings. The number of methoxy groups -OCH3 is 1. The lowest BCUT2D eigenvalue weighted by molar-refractivity contribution is -0.147. The van der Waals surface area contributed by atoms with Crippen LogP contribution in [0.4, 0.5) is 4.39 Å². The fourth-order valence-electron chi connectivity index (χ4n) is 2.26. The number of nitrogens with zero attached hydrogens (tertiary/aromatic N) is 2. The first-order valence-electron chi connectivity index (χ1n) is 6.14. The zero-order valence-electron chi connectivity index (χ0n) is 10.6. The quantitative estimate of drug-likeness (QED) is 0.599. The van der Waals surface area contributed by atoms with Crippen LogP contribution in [0.15, 0.2) is 18.3 Å². The highest BCUT2D eigenvalue weighted by Crippen LogP contribution is 2.20. The van der Waals surface area contributed by atoms with Crippen LogP contribution in [0.1, 0.15) is 29.6 Å². The summed E-state index contributed by atoms with van der Waals surface area (Å²) in [7, 11) is 1.30. The fourth-order valence-corrected chi connectivity index (χ4v) is 2.26. The Hall–Kier alpha value is -1.98. The number of hydrogen-bond acceptors (Lipinski definition) is 4. The predicted molar refractivity (Wildman–Crippen MR) is 64.9 cm³/mol. The van der Waals surface area contributed by atoms with Gasteiger partial charge in [0, 0.05) is 24.4 Å². The van der Waals surface area contributed by atoms with Gasteiger partial charge >= 0.3 is 5.97 Å². The van der Waals surface area contributed by atoms with Gasteiger partial charge in [0.1, 0.15) is 6.04 Å². The van der Waals surface area contributed by atoms with E-state index in [-0.39, 0.29) is 11.5 Å². The van der Waals surface area contributed by atoms with Gasteiger partial charge in [-0.2, -0.15) is 4.39 Å². The number of carbonyl (C=O) groups excluding carboxylic acids is 2. The molecular formula is C13H15FN2O3. The van der Waals surface area contributed by atoms with Gasteiger partial charge in [-0.1, -0.05) is 0 Å². The SMILES string of the molecule is COC(=O)[C@H]1CCCCN1C(=O)c1ccnc(F)c1. The summed E-state index contributed by atoms with van der Waals surface area (Å²) in [6, 6.07) is 1.93. The number of pyridine rings is 1. The minimum atomic E-state index is -0.711. The highest BCUT2D eigenvalue weighted by atomic mass is 19.1. The lowest BCUT2D eigenvalue weighted by Gasteiger charge is -2.33. The maximum absolute atomic E-state index is 13.0. The average Bonchev–Trinajstić information content (AvgIpc) is 2.45. The number of halogens is 1. The second-order valence-electron chi connectivity index (χ2n) is 4.40. The molecule has 0 saturated carbocycles. The van der Waals surface area contributed by atoms with Crippen LogP contribution in [-0.4, -0.2) is 41.5 Å². The Labute approximate surface area is 110 Å². The fraction of sp³-hybridized carbons (Fsp3) is 0.462. The van der Waals surface area contributed by atoms with E-state index in [4.69, 9.17) is 4.74 Å². The highest BCUT2D eigenvalue weighted by Gasteiger charge is 2.33. The molecule has 0 bridgehead atoms. The van der Waals surface area contributed by atoms with Crippen LogP contribution >= 0.6 is 0 Å². The largest absolute Gasteiger partial charge is 0.467 e. The molecule has 1 amide bonds. The number of ether oxygens (including phenoxy) is 1. The van der Waals surface area contributed by atoms with E-state index in [1.807, 2.05) is 0 Å². The normalized spacial score (nSPS) is 19.1. The van der Waals surface area contributed by atoms with Crippen molar-refractivity contribution in [2.45, 2.75) is 25.3 Å². The van der Waals surface area contributed by atoms with Crippen molar-refractivity contribution in [2.75, 3.05) is 13.7 Å². The minimum absolute atomic E-state index is 0.198. The summed E-state index contributed by atoms with van der Waals surface area (Å²) in [5.41, 5.74) is 0.198. The maximum atomic E-state index is 13.0. The van der Waals surface area contributed by atoms with Crippen molar-refractivity contribution in [3.05, 3.63) is 29.8 Å². The molecule has 0 aliphatic carbocycles. The summed E-state index contributed by atoms with van der Waals surface area (Å²) < 4.78 is 17.8. The third-order valence-corrected chi connectivity index (χ3v) is 3.21. The number of hydrogen-bond donors (Lipinski definition) is 0. The Morgan fingerprint density at radius 2 is 2.26 bits per heavy atom. The second-order valence-corrected chi connectivity index (χ2v) is 4.40. The summed E-state index contributed by atoms with van der Waals surface area (Å²) in [5.74, 6) is -1.50. The van der Waals surface area contributed by atoms with Gasteiger partial charge in [0.05, 0.1) is 7.11 Å². The number of amides is 1. The van der Waals surface area contributed by atoms with Gasteiger partial charge in [-0.3, -0.25) is 4.79 Å². The van der Waals surface area contributed by atoms with Gasteiger partial charge in [0.25, 0.3) is 5.91 Å². The van der Waals surface area contributed by atoms with E-state index >= 15 is 0 Å². The molecule has 0 N–H and O–H groups in total. The Morgan fingerprint density at radius 1 is 1.47 bits per heavy atom. The first-order chi connectivity index (χ1) is 9.13. The second kappa shape index (κ2) is 5.77. The van der Waals surface area contributed by atoms with Crippen molar-refractivity contribution < 1.29 is 18.7 Å². The van der Waals surface area contributed by atoms with E-state index in [0.29, 0.717) is 13.0 Å². The first kappa shape index (κ1) is 13.5. The number of piperidine rings is 1. The van der Waals surface area contributed by atoms with E-state index in [1.165, 1.54) is 24.3 Å². The summed E-state index contributed by atoms with van der Waals surface area (Å²) >= 11 is 0. The molecule has 102 valence electrons.